The Morgan fingerprint density at radius 2 is 1.76 bits per heavy atom. The fraction of sp³-hybridized carbons (Fsp3) is 0.750. The lowest BCUT2D eigenvalue weighted by Crippen LogP contribution is -1.99. The lowest BCUT2D eigenvalue weighted by Gasteiger charge is -2.09. The molecule has 0 aromatic carbocycles. The molecule has 96 valence electrons. The first-order valence-corrected chi connectivity index (χ1v) is 7.60. The summed E-state index contributed by atoms with van der Waals surface area (Å²) in [5.41, 5.74) is 4.64. The van der Waals surface area contributed by atoms with Crippen LogP contribution in [-0.2, 0) is 19.3 Å². The second-order valence-electron chi connectivity index (χ2n) is 5.52. The Hall–Kier alpha value is -0.720. The first-order valence-electron chi connectivity index (χ1n) is 7.60. The van der Waals surface area contributed by atoms with Gasteiger partial charge in [-0.2, -0.15) is 0 Å². The molecule has 1 heteroatoms. The Labute approximate surface area is 106 Å². The molecule has 1 aromatic heterocycles. The van der Waals surface area contributed by atoms with Crippen molar-refractivity contribution >= 4 is 0 Å². The van der Waals surface area contributed by atoms with E-state index in [0.717, 1.165) is 0 Å². The Morgan fingerprint density at radius 1 is 1.00 bits per heavy atom. The van der Waals surface area contributed by atoms with Gasteiger partial charge in [0.05, 0.1) is 0 Å². The van der Waals surface area contributed by atoms with Crippen molar-refractivity contribution in [3.63, 3.8) is 0 Å². The van der Waals surface area contributed by atoms with Crippen LogP contribution in [0.15, 0.2) is 6.07 Å². The number of hydrogen-bond donors (Lipinski definition) is 1. The standard InChI is InChI=1S/C16H27N/c1-2-3-4-5-6-7-11-15-13-14-10-8-9-12-16(14)17-15/h13,17H,2-12H2,1H3. The maximum Gasteiger partial charge on any atom is 0.0181 e. The molecule has 1 heterocycles. The second kappa shape index (κ2) is 6.88. The maximum absolute atomic E-state index is 3.64. The fourth-order valence-electron chi connectivity index (χ4n) is 2.90. The topological polar surface area (TPSA) is 15.8 Å². The predicted molar refractivity (Wildman–Crippen MR) is 74.5 cm³/mol. The third-order valence-electron chi connectivity index (χ3n) is 3.97. The number of unbranched alkanes of at least 4 members (excludes halogenated alkanes) is 5. The minimum absolute atomic E-state index is 1.26. The van der Waals surface area contributed by atoms with Gasteiger partial charge in [-0.1, -0.05) is 39.0 Å². The molecule has 1 nitrogen and oxygen atoms in total. The van der Waals surface area contributed by atoms with Crippen molar-refractivity contribution in [3.05, 3.63) is 23.0 Å². The third-order valence-corrected chi connectivity index (χ3v) is 3.97. The van der Waals surface area contributed by atoms with Crippen LogP contribution in [0.4, 0.5) is 0 Å². The summed E-state index contributed by atoms with van der Waals surface area (Å²) in [5, 5.41) is 0. The molecule has 17 heavy (non-hydrogen) atoms. The molecular formula is C16H27N. The molecule has 0 spiro atoms. The first-order chi connectivity index (χ1) is 8.40. The molecule has 1 aliphatic carbocycles. The SMILES string of the molecule is CCCCCCCCc1cc2c([nH]1)CCCC2. The Balaban J connectivity index is 1.67. The van der Waals surface area contributed by atoms with E-state index in [1.165, 1.54) is 82.0 Å². The molecule has 2 rings (SSSR count). The number of hydrogen-bond acceptors (Lipinski definition) is 0. The van der Waals surface area contributed by atoms with Crippen molar-refractivity contribution in [1.29, 1.82) is 0 Å². The molecule has 0 unspecified atom stereocenters. The van der Waals surface area contributed by atoms with E-state index in [1.54, 1.807) is 5.56 Å². The van der Waals surface area contributed by atoms with Gasteiger partial charge in [-0.25, -0.2) is 0 Å². The van der Waals surface area contributed by atoms with E-state index in [9.17, 15) is 0 Å². The molecule has 0 atom stereocenters. The van der Waals surface area contributed by atoms with Crippen molar-refractivity contribution in [1.82, 2.24) is 4.98 Å². The number of fused-ring (bicyclic) bond motifs is 1. The number of H-pyrrole nitrogens is 1. The summed E-state index contributed by atoms with van der Waals surface area (Å²) in [7, 11) is 0. The summed E-state index contributed by atoms with van der Waals surface area (Å²) in [6.07, 6.45) is 15.0. The van der Waals surface area contributed by atoms with Crippen LogP contribution in [0.5, 0.6) is 0 Å². The summed E-state index contributed by atoms with van der Waals surface area (Å²) in [5.74, 6) is 0. The quantitative estimate of drug-likeness (QED) is 0.651. The van der Waals surface area contributed by atoms with E-state index < -0.39 is 0 Å². The van der Waals surface area contributed by atoms with Crippen LogP contribution in [0, 0.1) is 0 Å². The normalized spacial score (nSPS) is 14.9. The minimum Gasteiger partial charge on any atom is -0.362 e. The van der Waals surface area contributed by atoms with Crippen LogP contribution >= 0.6 is 0 Å². The van der Waals surface area contributed by atoms with E-state index in [4.69, 9.17) is 0 Å². The highest BCUT2D eigenvalue weighted by Gasteiger charge is 2.11. The highest BCUT2D eigenvalue weighted by molar-refractivity contribution is 5.28. The largest absolute Gasteiger partial charge is 0.362 e. The van der Waals surface area contributed by atoms with Gasteiger partial charge in [0.2, 0.25) is 0 Å². The first kappa shape index (κ1) is 12.7. The number of aromatic amines is 1. The average molecular weight is 233 g/mol. The Morgan fingerprint density at radius 3 is 2.59 bits per heavy atom. The molecule has 0 fully saturated rings. The van der Waals surface area contributed by atoms with Gasteiger partial charge in [0.25, 0.3) is 0 Å². The molecule has 0 saturated carbocycles. The molecule has 1 aromatic rings. The van der Waals surface area contributed by atoms with Gasteiger partial charge in [-0.3, -0.25) is 0 Å². The van der Waals surface area contributed by atoms with Gasteiger partial charge in [0, 0.05) is 11.4 Å². The zero-order valence-corrected chi connectivity index (χ0v) is 11.4. The average Bonchev–Trinajstić information content (AvgIpc) is 2.76. The monoisotopic (exact) mass is 233 g/mol. The van der Waals surface area contributed by atoms with Crippen LogP contribution < -0.4 is 0 Å². The summed E-state index contributed by atoms with van der Waals surface area (Å²) >= 11 is 0. The Kier molecular flexibility index (Phi) is 5.15. The van der Waals surface area contributed by atoms with Gasteiger partial charge >= 0.3 is 0 Å². The van der Waals surface area contributed by atoms with Crippen LogP contribution in [-0.4, -0.2) is 4.98 Å². The number of rotatable bonds is 7. The molecule has 1 N–H and O–H groups in total. The molecule has 0 radical (unpaired) electrons. The van der Waals surface area contributed by atoms with Gasteiger partial charge in [0.15, 0.2) is 0 Å². The zero-order valence-electron chi connectivity index (χ0n) is 11.4. The highest BCUT2D eigenvalue weighted by atomic mass is 14.7. The molecule has 0 amide bonds. The van der Waals surface area contributed by atoms with E-state index >= 15 is 0 Å². The maximum atomic E-state index is 3.64. The number of nitrogens with one attached hydrogen (secondary N) is 1. The lowest BCUT2D eigenvalue weighted by atomic mass is 9.98. The summed E-state index contributed by atoms with van der Waals surface area (Å²) in [4.78, 5) is 3.64. The van der Waals surface area contributed by atoms with E-state index in [2.05, 4.69) is 18.0 Å². The van der Waals surface area contributed by atoms with Crippen LogP contribution in [0.1, 0.15) is 75.2 Å². The summed E-state index contributed by atoms with van der Waals surface area (Å²) in [6.45, 7) is 2.28. The number of aryl methyl sites for hydroxylation is 3. The molecular weight excluding hydrogens is 206 g/mol. The molecule has 0 saturated heterocycles. The highest BCUT2D eigenvalue weighted by Crippen LogP contribution is 2.22. The Bertz CT molecular complexity index is 301. The van der Waals surface area contributed by atoms with Gasteiger partial charge in [0.1, 0.15) is 0 Å². The number of aromatic nitrogens is 1. The van der Waals surface area contributed by atoms with Crippen molar-refractivity contribution in [3.8, 4) is 0 Å². The lowest BCUT2D eigenvalue weighted by molar-refractivity contribution is 0.605. The van der Waals surface area contributed by atoms with Crippen LogP contribution in [0.25, 0.3) is 0 Å². The van der Waals surface area contributed by atoms with E-state index in [-0.39, 0.29) is 0 Å². The van der Waals surface area contributed by atoms with Crippen molar-refractivity contribution in [2.45, 2.75) is 77.6 Å². The minimum atomic E-state index is 1.26. The smallest absolute Gasteiger partial charge is 0.0181 e. The van der Waals surface area contributed by atoms with Gasteiger partial charge < -0.3 is 4.98 Å². The third kappa shape index (κ3) is 3.90. The molecule has 0 aliphatic heterocycles. The zero-order chi connectivity index (χ0) is 11.9. The second-order valence-corrected chi connectivity index (χ2v) is 5.52. The van der Waals surface area contributed by atoms with Gasteiger partial charge in [-0.15, -0.1) is 0 Å². The van der Waals surface area contributed by atoms with Crippen molar-refractivity contribution in [2.24, 2.45) is 0 Å². The fourth-order valence-corrected chi connectivity index (χ4v) is 2.90. The van der Waals surface area contributed by atoms with Crippen molar-refractivity contribution < 1.29 is 0 Å². The predicted octanol–water partition coefficient (Wildman–Crippen LogP) is 4.80. The summed E-state index contributed by atoms with van der Waals surface area (Å²) in [6, 6.07) is 2.43. The van der Waals surface area contributed by atoms with Crippen LogP contribution in [0.3, 0.4) is 0 Å². The van der Waals surface area contributed by atoms with E-state index in [0.29, 0.717) is 0 Å². The van der Waals surface area contributed by atoms with Crippen LogP contribution in [0.2, 0.25) is 0 Å². The summed E-state index contributed by atoms with van der Waals surface area (Å²) < 4.78 is 0. The van der Waals surface area contributed by atoms with E-state index in [1.807, 2.05) is 0 Å². The van der Waals surface area contributed by atoms with Gasteiger partial charge in [-0.05, 0) is 50.2 Å². The molecule has 0 bridgehead atoms. The van der Waals surface area contributed by atoms with Crippen molar-refractivity contribution in [2.75, 3.05) is 0 Å². The molecule has 1 aliphatic rings.